The van der Waals surface area contributed by atoms with Crippen LogP contribution in [0.15, 0.2) is 48.5 Å². The smallest absolute Gasteiger partial charge is 0.244 e. The van der Waals surface area contributed by atoms with Gasteiger partial charge in [0.25, 0.3) is 0 Å². The fraction of sp³-hybridized carbons (Fsp3) is 0.263. The second-order valence-corrected chi connectivity index (χ2v) is 5.67. The Hall–Kier alpha value is -2.76. The van der Waals surface area contributed by atoms with E-state index in [2.05, 4.69) is 5.32 Å². The molecule has 25 heavy (non-hydrogen) atoms. The highest BCUT2D eigenvalue weighted by Crippen LogP contribution is 2.17. The molecule has 0 radical (unpaired) electrons. The molecule has 2 aromatic carbocycles. The van der Waals surface area contributed by atoms with E-state index >= 15 is 0 Å². The molecule has 2 rings (SSSR count). The number of rotatable bonds is 7. The number of hydrogen-bond acceptors (Lipinski definition) is 2. The van der Waals surface area contributed by atoms with E-state index in [0.29, 0.717) is 13.0 Å². The van der Waals surface area contributed by atoms with Gasteiger partial charge in [0, 0.05) is 13.5 Å². The fourth-order valence-corrected chi connectivity index (χ4v) is 2.44. The Morgan fingerprint density at radius 1 is 1.00 bits per heavy atom. The SMILES string of the molecule is CC(=O)N(CCCc1ccccc1)CC(=O)Nc1c(F)cccc1F. The lowest BCUT2D eigenvalue weighted by atomic mass is 10.1. The second-order valence-electron chi connectivity index (χ2n) is 5.67. The number of hydrogen-bond donors (Lipinski definition) is 1. The predicted molar refractivity (Wildman–Crippen MR) is 92.0 cm³/mol. The molecule has 0 aliphatic rings. The molecule has 1 N–H and O–H groups in total. The Morgan fingerprint density at radius 2 is 1.64 bits per heavy atom. The number of para-hydroxylation sites is 1. The van der Waals surface area contributed by atoms with Gasteiger partial charge in [-0.3, -0.25) is 9.59 Å². The first-order valence-corrected chi connectivity index (χ1v) is 8.00. The summed E-state index contributed by atoms with van der Waals surface area (Å²) in [7, 11) is 0. The first kappa shape index (κ1) is 18.6. The van der Waals surface area contributed by atoms with Crippen molar-refractivity contribution in [2.75, 3.05) is 18.4 Å². The summed E-state index contributed by atoms with van der Waals surface area (Å²) in [5, 5.41) is 2.19. The molecule has 0 aliphatic carbocycles. The number of benzene rings is 2. The number of amides is 2. The van der Waals surface area contributed by atoms with E-state index in [4.69, 9.17) is 0 Å². The minimum absolute atomic E-state index is 0.252. The number of carbonyl (C=O) groups excluding carboxylic acids is 2. The third kappa shape index (κ3) is 5.67. The molecular weight excluding hydrogens is 326 g/mol. The molecular formula is C19H20F2N2O2. The highest BCUT2D eigenvalue weighted by atomic mass is 19.1. The normalized spacial score (nSPS) is 10.4. The van der Waals surface area contributed by atoms with Crippen LogP contribution in [0, 0.1) is 11.6 Å². The van der Waals surface area contributed by atoms with Crippen LogP contribution < -0.4 is 5.32 Å². The molecule has 0 atom stereocenters. The van der Waals surface area contributed by atoms with E-state index in [1.165, 1.54) is 17.9 Å². The first-order valence-electron chi connectivity index (χ1n) is 8.00. The average Bonchev–Trinajstić information content (AvgIpc) is 2.58. The van der Waals surface area contributed by atoms with E-state index in [1.54, 1.807) is 0 Å². The van der Waals surface area contributed by atoms with Gasteiger partial charge in [0.15, 0.2) is 0 Å². The van der Waals surface area contributed by atoms with Crippen LogP contribution in [0.2, 0.25) is 0 Å². The lowest BCUT2D eigenvalue weighted by molar-refractivity contribution is -0.132. The number of halogens is 2. The standard InChI is InChI=1S/C19H20F2N2O2/c1-14(24)23(12-6-9-15-7-3-2-4-8-15)13-18(25)22-19-16(20)10-5-11-17(19)21/h2-5,7-8,10-11H,6,9,12-13H2,1H3,(H,22,25). The molecule has 0 saturated heterocycles. The minimum atomic E-state index is -0.855. The molecule has 0 heterocycles. The van der Waals surface area contributed by atoms with Crippen LogP contribution in [0.3, 0.4) is 0 Å². The molecule has 0 aromatic heterocycles. The number of aryl methyl sites for hydroxylation is 1. The highest BCUT2D eigenvalue weighted by Gasteiger charge is 2.16. The molecule has 0 spiro atoms. The van der Waals surface area contributed by atoms with E-state index in [-0.39, 0.29) is 12.5 Å². The monoisotopic (exact) mass is 346 g/mol. The molecule has 0 saturated carbocycles. The Bertz CT molecular complexity index is 715. The average molecular weight is 346 g/mol. The summed E-state index contributed by atoms with van der Waals surface area (Å²) in [5.41, 5.74) is 0.643. The molecule has 0 fully saturated rings. The van der Waals surface area contributed by atoms with Crippen molar-refractivity contribution < 1.29 is 18.4 Å². The number of anilines is 1. The van der Waals surface area contributed by atoms with E-state index in [9.17, 15) is 18.4 Å². The third-order valence-corrected chi connectivity index (χ3v) is 3.74. The van der Waals surface area contributed by atoms with Crippen molar-refractivity contribution in [1.29, 1.82) is 0 Å². The lowest BCUT2D eigenvalue weighted by Gasteiger charge is -2.20. The summed E-state index contributed by atoms with van der Waals surface area (Å²) in [6.45, 7) is 1.49. The molecule has 132 valence electrons. The maximum absolute atomic E-state index is 13.6. The van der Waals surface area contributed by atoms with Crippen molar-refractivity contribution in [3.05, 3.63) is 65.7 Å². The molecule has 2 aromatic rings. The predicted octanol–water partition coefficient (Wildman–Crippen LogP) is 3.38. The highest BCUT2D eigenvalue weighted by molar-refractivity contribution is 5.94. The molecule has 2 amide bonds. The Morgan fingerprint density at radius 3 is 2.24 bits per heavy atom. The van der Waals surface area contributed by atoms with Crippen LogP contribution in [0.1, 0.15) is 18.9 Å². The largest absolute Gasteiger partial charge is 0.334 e. The van der Waals surface area contributed by atoms with E-state index < -0.39 is 23.2 Å². The van der Waals surface area contributed by atoms with Gasteiger partial charge in [-0.05, 0) is 30.5 Å². The molecule has 0 aliphatic heterocycles. The number of nitrogens with zero attached hydrogens (tertiary/aromatic N) is 1. The Labute approximate surface area is 145 Å². The van der Waals surface area contributed by atoms with Gasteiger partial charge in [0.2, 0.25) is 11.8 Å². The summed E-state index contributed by atoms with van der Waals surface area (Å²) < 4.78 is 27.1. The summed E-state index contributed by atoms with van der Waals surface area (Å²) in [6, 6.07) is 13.1. The summed E-state index contributed by atoms with van der Waals surface area (Å²) >= 11 is 0. The van der Waals surface area contributed by atoms with Crippen molar-refractivity contribution in [3.8, 4) is 0 Å². The van der Waals surface area contributed by atoms with Gasteiger partial charge in [0.1, 0.15) is 17.3 Å². The Balaban J connectivity index is 1.90. The van der Waals surface area contributed by atoms with Gasteiger partial charge in [-0.25, -0.2) is 8.78 Å². The minimum Gasteiger partial charge on any atom is -0.334 e. The van der Waals surface area contributed by atoms with Crippen LogP contribution in [0.25, 0.3) is 0 Å². The van der Waals surface area contributed by atoms with Crippen LogP contribution in [0.5, 0.6) is 0 Å². The number of nitrogens with one attached hydrogen (secondary N) is 1. The first-order chi connectivity index (χ1) is 12.0. The maximum Gasteiger partial charge on any atom is 0.244 e. The zero-order chi connectivity index (χ0) is 18.2. The molecule has 6 heteroatoms. The van der Waals surface area contributed by atoms with E-state index in [0.717, 1.165) is 24.1 Å². The van der Waals surface area contributed by atoms with Crippen LogP contribution in [-0.4, -0.2) is 29.8 Å². The van der Waals surface area contributed by atoms with Crippen LogP contribution >= 0.6 is 0 Å². The van der Waals surface area contributed by atoms with Gasteiger partial charge >= 0.3 is 0 Å². The van der Waals surface area contributed by atoms with Crippen molar-refractivity contribution in [3.63, 3.8) is 0 Å². The molecule has 4 nitrogen and oxygen atoms in total. The second kappa shape index (κ2) is 8.92. The van der Waals surface area contributed by atoms with E-state index in [1.807, 2.05) is 30.3 Å². The summed E-state index contributed by atoms with van der Waals surface area (Å²) in [5.74, 6) is -2.62. The Kier molecular flexibility index (Phi) is 6.62. The van der Waals surface area contributed by atoms with Crippen LogP contribution in [-0.2, 0) is 16.0 Å². The molecule has 0 bridgehead atoms. The van der Waals surface area contributed by atoms with Crippen molar-refractivity contribution in [2.24, 2.45) is 0 Å². The quantitative estimate of drug-likeness (QED) is 0.835. The number of carbonyl (C=O) groups is 2. The van der Waals surface area contributed by atoms with Gasteiger partial charge in [-0.2, -0.15) is 0 Å². The zero-order valence-corrected chi connectivity index (χ0v) is 14.0. The van der Waals surface area contributed by atoms with Crippen molar-refractivity contribution in [2.45, 2.75) is 19.8 Å². The maximum atomic E-state index is 13.6. The van der Waals surface area contributed by atoms with Gasteiger partial charge in [-0.15, -0.1) is 0 Å². The van der Waals surface area contributed by atoms with Crippen molar-refractivity contribution >= 4 is 17.5 Å². The zero-order valence-electron chi connectivity index (χ0n) is 14.0. The van der Waals surface area contributed by atoms with Gasteiger partial charge in [0.05, 0.1) is 6.54 Å². The summed E-state index contributed by atoms with van der Waals surface area (Å²) in [6.07, 6.45) is 1.46. The van der Waals surface area contributed by atoms with Gasteiger partial charge < -0.3 is 10.2 Å². The van der Waals surface area contributed by atoms with Crippen LogP contribution in [0.4, 0.5) is 14.5 Å². The van der Waals surface area contributed by atoms with Crippen molar-refractivity contribution in [1.82, 2.24) is 4.90 Å². The third-order valence-electron chi connectivity index (χ3n) is 3.74. The van der Waals surface area contributed by atoms with Gasteiger partial charge in [-0.1, -0.05) is 36.4 Å². The topological polar surface area (TPSA) is 49.4 Å². The summed E-state index contributed by atoms with van der Waals surface area (Å²) in [4.78, 5) is 25.1. The lowest BCUT2D eigenvalue weighted by Crippen LogP contribution is -2.37. The molecule has 0 unspecified atom stereocenters. The fourth-order valence-electron chi connectivity index (χ4n) is 2.44.